The molecule has 5 heteroatoms. The standard InChI is InChI=1S/C7H13ClNO3/c8-2-1-7(12)9(3-5-10)4-6-11/h2,10-11H,1,3-6H2. The number of halogens is 1. The van der Waals surface area contributed by atoms with Crippen LogP contribution < -0.4 is 0 Å². The molecule has 0 unspecified atom stereocenters. The van der Waals surface area contributed by atoms with E-state index in [2.05, 4.69) is 0 Å². The molecule has 4 nitrogen and oxygen atoms in total. The predicted octanol–water partition coefficient (Wildman–Crippen LogP) is -0.410. The Kier molecular flexibility index (Phi) is 7.14. The average Bonchev–Trinajstić information content (AvgIpc) is 2.04. The van der Waals surface area contributed by atoms with E-state index in [9.17, 15) is 4.79 Å². The summed E-state index contributed by atoms with van der Waals surface area (Å²) in [4.78, 5) is 12.5. The van der Waals surface area contributed by atoms with Gasteiger partial charge < -0.3 is 15.1 Å². The largest absolute Gasteiger partial charge is 0.395 e. The van der Waals surface area contributed by atoms with E-state index in [1.807, 2.05) is 0 Å². The lowest BCUT2D eigenvalue weighted by molar-refractivity contribution is -0.131. The van der Waals surface area contributed by atoms with E-state index in [0.29, 0.717) is 0 Å². The summed E-state index contributed by atoms with van der Waals surface area (Å²) in [5.74, 6) is 1.04. The Labute approximate surface area is 76.7 Å². The second-order valence-corrected chi connectivity index (χ2v) is 2.50. The first-order valence-electron chi connectivity index (χ1n) is 3.67. The van der Waals surface area contributed by atoms with Gasteiger partial charge in [0.25, 0.3) is 0 Å². The SMILES string of the molecule is O=C(C[CH]Cl)N(CCO)CCO. The monoisotopic (exact) mass is 194 g/mol. The lowest BCUT2D eigenvalue weighted by atomic mass is 10.4. The highest BCUT2D eigenvalue weighted by atomic mass is 35.5. The van der Waals surface area contributed by atoms with Gasteiger partial charge in [0.15, 0.2) is 0 Å². The molecule has 0 bridgehead atoms. The molecule has 1 amide bonds. The molecule has 1 radical (unpaired) electrons. The third-order valence-electron chi connectivity index (χ3n) is 1.34. The van der Waals surface area contributed by atoms with Gasteiger partial charge in [0.1, 0.15) is 0 Å². The van der Waals surface area contributed by atoms with Crippen molar-refractivity contribution >= 4 is 17.5 Å². The molecular weight excluding hydrogens is 182 g/mol. The Morgan fingerprint density at radius 3 is 2.17 bits per heavy atom. The minimum atomic E-state index is -0.187. The molecular formula is C7H13ClNO3. The fourth-order valence-electron chi connectivity index (χ4n) is 0.798. The summed E-state index contributed by atoms with van der Waals surface area (Å²) in [5, 5.41) is 17.1. The normalized spacial score (nSPS) is 9.92. The molecule has 0 atom stereocenters. The molecule has 0 heterocycles. The van der Waals surface area contributed by atoms with E-state index >= 15 is 0 Å². The molecule has 0 spiro atoms. The third kappa shape index (κ3) is 4.54. The van der Waals surface area contributed by atoms with Gasteiger partial charge in [-0.1, -0.05) is 0 Å². The Balaban J connectivity index is 3.81. The van der Waals surface area contributed by atoms with Gasteiger partial charge in [-0.05, 0) is 0 Å². The van der Waals surface area contributed by atoms with Crippen molar-refractivity contribution < 1.29 is 15.0 Å². The first kappa shape index (κ1) is 11.7. The summed E-state index contributed by atoms with van der Waals surface area (Å²) in [5.41, 5.74) is 0. The van der Waals surface area contributed by atoms with Gasteiger partial charge in [-0.15, -0.1) is 11.6 Å². The number of carbonyl (C=O) groups excluding carboxylic acids is 1. The number of amides is 1. The molecule has 0 rings (SSSR count). The minimum absolute atomic E-state index is 0.103. The minimum Gasteiger partial charge on any atom is -0.395 e. The van der Waals surface area contributed by atoms with Crippen LogP contribution in [0.1, 0.15) is 6.42 Å². The van der Waals surface area contributed by atoms with Crippen molar-refractivity contribution in [2.45, 2.75) is 6.42 Å². The van der Waals surface area contributed by atoms with Gasteiger partial charge in [-0.25, -0.2) is 0 Å². The zero-order chi connectivity index (χ0) is 9.40. The van der Waals surface area contributed by atoms with Gasteiger partial charge in [-0.2, -0.15) is 0 Å². The number of hydrogen-bond acceptors (Lipinski definition) is 3. The smallest absolute Gasteiger partial charge is 0.224 e. The Bertz CT molecular complexity index is 126. The van der Waals surface area contributed by atoms with Crippen molar-refractivity contribution in [3.8, 4) is 0 Å². The van der Waals surface area contributed by atoms with Gasteiger partial charge in [0.2, 0.25) is 5.91 Å². The highest BCUT2D eigenvalue weighted by molar-refractivity contribution is 6.24. The lowest BCUT2D eigenvalue weighted by Gasteiger charge is -2.19. The number of aliphatic hydroxyl groups is 2. The van der Waals surface area contributed by atoms with Crippen LogP contribution in [0.4, 0.5) is 0 Å². The average molecular weight is 195 g/mol. The van der Waals surface area contributed by atoms with E-state index in [4.69, 9.17) is 21.8 Å². The highest BCUT2D eigenvalue weighted by Gasteiger charge is 2.10. The molecule has 0 aliphatic heterocycles. The van der Waals surface area contributed by atoms with Crippen molar-refractivity contribution in [3.05, 3.63) is 5.88 Å². The fraction of sp³-hybridized carbons (Fsp3) is 0.714. The Hall–Kier alpha value is -0.320. The number of carbonyl (C=O) groups is 1. The van der Waals surface area contributed by atoms with E-state index in [1.165, 1.54) is 10.8 Å². The second-order valence-electron chi connectivity index (χ2n) is 2.19. The van der Waals surface area contributed by atoms with Crippen LogP contribution in [0.2, 0.25) is 0 Å². The zero-order valence-electron chi connectivity index (χ0n) is 6.74. The first-order chi connectivity index (χ1) is 5.76. The van der Waals surface area contributed by atoms with Gasteiger partial charge in [0.05, 0.1) is 19.1 Å². The second kappa shape index (κ2) is 7.34. The Morgan fingerprint density at radius 1 is 1.33 bits per heavy atom. The number of nitrogens with zero attached hydrogens (tertiary/aromatic N) is 1. The molecule has 12 heavy (non-hydrogen) atoms. The first-order valence-corrected chi connectivity index (χ1v) is 4.11. The Morgan fingerprint density at radius 2 is 1.83 bits per heavy atom. The van der Waals surface area contributed by atoms with Crippen LogP contribution in [0.25, 0.3) is 0 Å². The van der Waals surface area contributed by atoms with E-state index < -0.39 is 0 Å². The molecule has 0 aromatic heterocycles. The molecule has 2 N–H and O–H groups in total. The van der Waals surface area contributed by atoms with Crippen molar-refractivity contribution in [3.63, 3.8) is 0 Å². The van der Waals surface area contributed by atoms with Gasteiger partial charge in [0, 0.05) is 19.5 Å². The zero-order valence-corrected chi connectivity index (χ0v) is 7.50. The van der Waals surface area contributed by atoms with Gasteiger partial charge >= 0.3 is 0 Å². The number of aliphatic hydroxyl groups excluding tert-OH is 2. The van der Waals surface area contributed by atoms with Crippen LogP contribution in [0, 0.1) is 5.88 Å². The van der Waals surface area contributed by atoms with Crippen molar-refractivity contribution in [1.82, 2.24) is 4.90 Å². The topological polar surface area (TPSA) is 60.8 Å². The van der Waals surface area contributed by atoms with Crippen molar-refractivity contribution in [2.75, 3.05) is 26.3 Å². The summed E-state index contributed by atoms with van der Waals surface area (Å²) in [6.45, 7) is 0.274. The predicted molar refractivity (Wildman–Crippen MR) is 45.5 cm³/mol. The van der Waals surface area contributed by atoms with E-state index in [1.54, 1.807) is 0 Å². The van der Waals surface area contributed by atoms with E-state index in [0.717, 1.165) is 0 Å². The van der Waals surface area contributed by atoms with Gasteiger partial charge in [-0.3, -0.25) is 4.79 Å². The summed E-state index contributed by atoms with van der Waals surface area (Å²) >= 11 is 5.24. The number of rotatable bonds is 6. The van der Waals surface area contributed by atoms with E-state index in [-0.39, 0.29) is 38.6 Å². The van der Waals surface area contributed by atoms with Crippen molar-refractivity contribution in [1.29, 1.82) is 0 Å². The maximum Gasteiger partial charge on any atom is 0.224 e. The molecule has 0 fully saturated rings. The molecule has 0 aliphatic rings. The molecule has 0 saturated heterocycles. The summed E-state index contributed by atoms with van der Waals surface area (Å²) in [6, 6.07) is 0. The maximum atomic E-state index is 11.1. The van der Waals surface area contributed by atoms with Crippen LogP contribution >= 0.6 is 11.6 Å². The fourth-order valence-corrected chi connectivity index (χ4v) is 0.930. The van der Waals surface area contributed by atoms with Crippen LogP contribution in [-0.4, -0.2) is 47.3 Å². The number of hydrogen-bond donors (Lipinski definition) is 2. The third-order valence-corrected chi connectivity index (χ3v) is 1.50. The molecule has 0 aromatic rings. The van der Waals surface area contributed by atoms with Crippen LogP contribution in [-0.2, 0) is 4.79 Å². The molecule has 0 aromatic carbocycles. The van der Waals surface area contributed by atoms with Crippen LogP contribution in [0.15, 0.2) is 0 Å². The van der Waals surface area contributed by atoms with Crippen LogP contribution in [0.5, 0.6) is 0 Å². The highest BCUT2D eigenvalue weighted by Crippen LogP contribution is 1.98. The summed E-state index contributed by atoms with van der Waals surface area (Å²) < 4.78 is 0. The molecule has 0 saturated carbocycles. The lowest BCUT2D eigenvalue weighted by Crippen LogP contribution is -2.35. The quantitative estimate of drug-likeness (QED) is 0.605. The van der Waals surface area contributed by atoms with Crippen molar-refractivity contribution in [2.24, 2.45) is 0 Å². The summed E-state index contributed by atoms with van der Waals surface area (Å²) in [6.07, 6.45) is 0.127. The molecule has 0 aliphatic carbocycles. The molecule has 71 valence electrons. The summed E-state index contributed by atoms with van der Waals surface area (Å²) in [7, 11) is 0. The van der Waals surface area contributed by atoms with Crippen LogP contribution in [0.3, 0.4) is 0 Å². The maximum absolute atomic E-state index is 11.1.